The number of aromatic nitrogens is 3. The summed E-state index contributed by atoms with van der Waals surface area (Å²) in [5.41, 5.74) is 4.20. The topological polar surface area (TPSA) is 144 Å². The van der Waals surface area contributed by atoms with Crippen LogP contribution in [-0.2, 0) is 4.74 Å². The van der Waals surface area contributed by atoms with Crippen LogP contribution in [0.15, 0.2) is 41.1 Å². The Balaban J connectivity index is 0.00000423. The number of methoxy groups -OCH3 is 1. The van der Waals surface area contributed by atoms with Gasteiger partial charge in [-0.25, -0.2) is 9.97 Å². The van der Waals surface area contributed by atoms with E-state index in [0.29, 0.717) is 58.5 Å². The van der Waals surface area contributed by atoms with Crippen molar-refractivity contribution >= 4 is 29.4 Å². The number of furan rings is 1. The maximum Gasteiger partial charge on any atom is 0.255 e. The average molecular weight is 608 g/mol. The zero-order chi connectivity index (χ0) is 29.8. The molecular weight excluding hydrogens is 574 g/mol. The lowest BCUT2D eigenvalue weighted by Gasteiger charge is -2.23. The van der Waals surface area contributed by atoms with Crippen LogP contribution in [0.25, 0.3) is 33.8 Å². The highest BCUT2D eigenvalue weighted by molar-refractivity contribution is 5.96. The van der Waals surface area contributed by atoms with Crippen LogP contribution in [0.3, 0.4) is 0 Å². The molecule has 0 aromatic carbocycles. The molecule has 226 valence electrons. The Kier molecular flexibility index (Phi) is 10.2. The first kappa shape index (κ1) is 31.7. The van der Waals surface area contributed by atoms with Crippen molar-refractivity contribution in [3.05, 3.63) is 53.5 Å². The van der Waals surface area contributed by atoms with Crippen molar-refractivity contribution in [2.24, 2.45) is 0 Å². The number of amides is 1. The number of pyridine rings is 3. The van der Waals surface area contributed by atoms with E-state index in [1.807, 2.05) is 6.07 Å². The van der Waals surface area contributed by atoms with Crippen molar-refractivity contribution in [1.82, 2.24) is 19.9 Å². The Morgan fingerprint density at radius 3 is 2.63 bits per heavy atom. The Hall–Kier alpha value is -4.24. The van der Waals surface area contributed by atoms with Gasteiger partial charge in [0, 0.05) is 44.9 Å². The summed E-state index contributed by atoms with van der Waals surface area (Å²) in [7, 11) is 3.10. The minimum absolute atomic E-state index is 0. The van der Waals surface area contributed by atoms with Crippen LogP contribution in [0, 0.1) is 11.3 Å². The first-order valence-electron chi connectivity index (χ1n) is 13.8. The molecule has 0 spiro atoms. The molecule has 43 heavy (non-hydrogen) atoms. The van der Waals surface area contributed by atoms with Gasteiger partial charge in [0.15, 0.2) is 22.8 Å². The number of fused-ring (bicyclic) bond motifs is 1. The van der Waals surface area contributed by atoms with Gasteiger partial charge in [0.05, 0.1) is 43.8 Å². The minimum atomic E-state index is -0.292. The average Bonchev–Trinajstić information content (AvgIpc) is 3.45. The van der Waals surface area contributed by atoms with Gasteiger partial charge in [-0.05, 0) is 29.7 Å². The molecular formula is C31H34ClN5O6. The van der Waals surface area contributed by atoms with Crippen LogP contribution in [0.4, 0.5) is 0 Å². The van der Waals surface area contributed by atoms with E-state index >= 15 is 0 Å². The van der Waals surface area contributed by atoms with E-state index in [9.17, 15) is 15.2 Å². The number of aliphatic hydroxyl groups excluding tert-OH is 1. The second-order valence-corrected chi connectivity index (χ2v) is 10.4. The molecule has 0 radical (unpaired) electrons. The first-order valence-corrected chi connectivity index (χ1v) is 13.8. The van der Waals surface area contributed by atoms with Gasteiger partial charge < -0.3 is 28.6 Å². The SMILES string of the molecule is COc1cc(C(=O)N(C)CCO)cnc1-c1cc2ncc(C(C)C)c(-c3ccc(OC4CCOCC4)c(C#N)n3)c2o1.Cl. The van der Waals surface area contributed by atoms with Gasteiger partial charge in [-0.2, -0.15) is 5.26 Å². The predicted molar refractivity (Wildman–Crippen MR) is 162 cm³/mol. The summed E-state index contributed by atoms with van der Waals surface area (Å²) in [4.78, 5) is 28.0. The second kappa shape index (κ2) is 13.8. The van der Waals surface area contributed by atoms with E-state index < -0.39 is 0 Å². The fourth-order valence-corrected chi connectivity index (χ4v) is 4.92. The summed E-state index contributed by atoms with van der Waals surface area (Å²) in [6.45, 7) is 5.42. The monoisotopic (exact) mass is 607 g/mol. The highest BCUT2D eigenvalue weighted by Gasteiger charge is 2.24. The molecule has 0 saturated carbocycles. The molecule has 12 heteroatoms. The quantitative estimate of drug-likeness (QED) is 0.276. The molecule has 0 bridgehead atoms. The van der Waals surface area contributed by atoms with Crippen LogP contribution < -0.4 is 9.47 Å². The van der Waals surface area contributed by atoms with Crippen LogP contribution >= 0.6 is 12.4 Å². The lowest BCUT2D eigenvalue weighted by Crippen LogP contribution is -2.29. The van der Waals surface area contributed by atoms with E-state index in [4.69, 9.17) is 23.6 Å². The Morgan fingerprint density at radius 1 is 1.19 bits per heavy atom. The molecule has 4 aromatic rings. The number of halogens is 1. The molecule has 1 aliphatic rings. The zero-order valence-corrected chi connectivity index (χ0v) is 25.3. The van der Waals surface area contributed by atoms with Crippen molar-refractivity contribution in [1.29, 1.82) is 5.26 Å². The maximum atomic E-state index is 12.7. The summed E-state index contributed by atoms with van der Waals surface area (Å²) >= 11 is 0. The number of carbonyl (C=O) groups is 1. The molecule has 5 heterocycles. The maximum absolute atomic E-state index is 12.7. The molecule has 0 aliphatic carbocycles. The normalized spacial score (nSPS) is 13.4. The molecule has 0 unspecified atom stereocenters. The Morgan fingerprint density at radius 2 is 1.95 bits per heavy atom. The lowest BCUT2D eigenvalue weighted by atomic mass is 9.96. The van der Waals surface area contributed by atoms with E-state index in [2.05, 4.69) is 29.9 Å². The molecule has 1 N–H and O–H groups in total. The van der Waals surface area contributed by atoms with Crippen LogP contribution in [0.1, 0.15) is 54.2 Å². The summed E-state index contributed by atoms with van der Waals surface area (Å²) in [5.74, 6) is 0.990. The van der Waals surface area contributed by atoms with Gasteiger partial charge in [0.2, 0.25) is 0 Å². The number of aliphatic hydroxyl groups is 1. The molecule has 0 atom stereocenters. The van der Waals surface area contributed by atoms with E-state index in [1.54, 1.807) is 31.4 Å². The third-order valence-electron chi connectivity index (χ3n) is 7.21. The third-order valence-corrected chi connectivity index (χ3v) is 7.21. The summed E-state index contributed by atoms with van der Waals surface area (Å²) < 4.78 is 23.5. The lowest BCUT2D eigenvalue weighted by molar-refractivity contribution is 0.0253. The first-order chi connectivity index (χ1) is 20.3. The van der Waals surface area contributed by atoms with Gasteiger partial charge >= 0.3 is 0 Å². The fraction of sp³-hybridized carbons (Fsp3) is 0.387. The smallest absolute Gasteiger partial charge is 0.255 e. The predicted octanol–water partition coefficient (Wildman–Crippen LogP) is 5.00. The molecule has 1 fully saturated rings. The van der Waals surface area contributed by atoms with Crippen molar-refractivity contribution < 1.29 is 28.5 Å². The van der Waals surface area contributed by atoms with Crippen LogP contribution in [-0.4, -0.2) is 77.5 Å². The fourth-order valence-electron chi connectivity index (χ4n) is 4.92. The number of carbonyl (C=O) groups excluding carboxylic acids is 1. The van der Waals surface area contributed by atoms with E-state index in [0.717, 1.165) is 24.0 Å². The molecule has 1 saturated heterocycles. The van der Waals surface area contributed by atoms with Crippen molar-refractivity contribution in [2.75, 3.05) is 40.5 Å². The summed E-state index contributed by atoms with van der Waals surface area (Å²) in [6.07, 6.45) is 4.74. The van der Waals surface area contributed by atoms with Gasteiger partial charge in [0.1, 0.15) is 29.1 Å². The number of hydrogen-bond acceptors (Lipinski definition) is 10. The minimum Gasteiger partial charge on any atom is -0.494 e. The number of rotatable bonds is 9. The number of nitrogens with zero attached hydrogens (tertiary/aromatic N) is 5. The van der Waals surface area contributed by atoms with Crippen molar-refractivity contribution in [3.63, 3.8) is 0 Å². The van der Waals surface area contributed by atoms with Crippen molar-refractivity contribution in [3.8, 4) is 40.3 Å². The largest absolute Gasteiger partial charge is 0.494 e. The van der Waals surface area contributed by atoms with Gasteiger partial charge in [-0.3, -0.25) is 9.78 Å². The zero-order valence-electron chi connectivity index (χ0n) is 24.5. The molecule has 1 aliphatic heterocycles. The van der Waals surface area contributed by atoms with E-state index in [1.165, 1.54) is 18.2 Å². The van der Waals surface area contributed by atoms with E-state index in [-0.39, 0.29) is 49.2 Å². The summed E-state index contributed by atoms with van der Waals surface area (Å²) in [6, 6.07) is 9.16. The number of likely N-dealkylation sites (N-methyl/N-ethyl adjacent to an activating group) is 1. The van der Waals surface area contributed by atoms with Crippen LogP contribution in [0.2, 0.25) is 0 Å². The molecule has 4 aromatic heterocycles. The molecule has 1 amide bonds. The highest BCUT2D eigenvalue weighted by atomic mass is 35.5. The highest BCUT2D eigenvalue weighted by Crippen LogP contribution is 2.40. The Bertz CT molecular complexity index is 1640. The van der Waals surface area contributed by atoms with Gasteiger partial charge in [0.25, 0.3) is 5.91 Å². The molecule has 5 rings (SSSR count). The number of nitriles is 1. The van der Waals surface area contributed by atoms with Gasteiger partial charge in [-0.15, -0.1) is 12.4 Å². The number of hydrogen-bond donors (Lipinski definition) is 1. The summed E-state index contributed by atoms with van der Waals surface area (Å²) in [5, 5.41) is 19.1. The third kappa shape index (κ3) is 6.57. The number of ether oxygens (including phenoxy) is 3. The van der Waals surface area contributed by atoms with Gasteiger partial charge in [-0.1, -0.05) is 13.8 Å². The van der Waals surface area contributed by atoms with Crippen molar-refractivity contribution in [2.45, 2.75) is 38.7 Å². The second-order valence-electron chi connectivity index (χ2n) is 10.4. The Labute approximate surface area is 255 Å². The standard InChI is InChI=1S/C31H33N5O6.ClH/c1-18(2)21-17-33-23-14-27(29-26(39-4)13-19(16-34-29)31(38)36(3)9-10-37)42-30(23)28(21)22-5-6-25(24(15-32)35-22)41-20-7-11-40-12-8-20;/h5-6,13-14,16-18,20,37H,7-12H2,1-4H3;1H. The molecule has 11 nitrogen and oxygen atoms in total. The van der Waals surface area contributed by atoms with Crippen LogP contribution in [0.5, 0.6) is 11.5 Å².